The van der Waals surface area contributed by atoms with Crippen LogP contribution in [0.25, 0.3) is 0 Å². The van der Waals surface area contributed by atoms with Gasteiger partial charge in [0.2, 0.25) is 0 Å². The van der Waals surface area contributed by atoms with E-state index in [0.29, 0.717) is 11.2 Å². The van der Waals surface area contributed by atoms with E-state index >= 15 is 0 Å². The first-order valence-electron chi connectivity index (χ1n) is 4.13. The van der Waals surface area contributed by atoms with Crippen LogP contribution in [0.4, 0.5) is 0 Å². The molecular weight excluding hydrogens is 156 g/mol. The van der Waals surface area contributed by atoms with Crippen LogP contribution in [0.15, 0.2) is 4.99 Å². The van der Waals surface area contributed by atoms with Crippen molar-refractivity contribution >= 4 is 16.9 Å². The summed E-state index contributed by atoms with van der Waals surface area (Å²) in [5, 5.41) is 5.13. The Labute approximate surface area is 72.9 Å². The van der Waals surface area contributed by atoms with E-state index in [-0.39, 0.29) is 0 Å². The minimum Gasteiger partial charge on any atom is -0.365 e. The van der Waals surface area contributed by atoms with Crippen molar-refractivity contribution in [1.82, 2.24) is 5.32 Å². The maximum absolute atomic E-state index is 4.36. The predicted octanol–water partition coefficient (Wildman–Crippen LogP) is 1.72. The second-order valence-electron chi connectivity index (χ2n) is 3.35. The second-order valence-corrected chi connectivity index (χ2v) is 4.78. The fraction of sp³-hybridized carbons (Fsp3) is 0.875. The Bertz CT molecular complexity index is 154. The molecule has 1 rings (SSSR count). The molecule has 0 fully saturated rings. The van der Waals surface area contributed by atoms with Crippen molar-refractivity contribution in [3.63, 3.8) is 0 Å². The molecule has 0 aromatic carbocycles. The monoisotopic (exact) mass is 172 g/mol. The molecule has 0 amide bonds. The lowest BCUT2D eigenvalue weighted by Crippen LogP contribution is -2.23. The van der Waals surface area contributed by atoms with Crippen LogP contribution in [-0.2, 0) is 0 Å². The maximum Gasteiger partial charge on any atom is 0.156 e. The smallest absolute Gasteiger partial charge is 0.156 e. The summed E-state index contributed by atoms with van der Waals surface area (Å²) >= 11 is 1.85. The Morgan fingerprint density at radius 2 is 2.45 bits per heavy atom. The summed E-state index contributed by atoms with van der Waals surface area (Å²) in [7, 11) is 0. The molecule has 1 heterocycles. The Hall–Kier alpha value is -0.180. The van der Waals surface area contributed by atoms with E-state index in [4.69, 9.17) is 0 Å². The van der Waals surface area contributed by atoms with Crippen LogP contribution in [0.5, 0.6) is 0 Å². The molecule has 0 aromatic heterocycles. The van der Waals surface area contributed by atoms with Gasteiger partial charge >= 0.3 is 0 Å². The Morgan fingerprint density at radius 3 is 2.91 bits per heavy atom. The van der Waals surface area contributed by atoms with Gasteiger partial charge in [0.15, 0.2) is 5.17 Å². The topological polar surface area (TPSA) is 24.4 Å². The lowest BCUT2D eigenvalue weighted by molar-refractivity contribution is 0.627. The lowest BCUT2D eigenvalue weighted by Gasteiger charge is -2.07. The van der Waals surface area contributed by atoms with Gasteiger partial charge in [-0.15, -0.1) is 0 Å². The van der Waals surface area contributed by atoms with Crippen molar-refractivity contribution in [2.24, 2.45) is 10.9 Å². The van der Waals surface area contributed by atoms with Crippen LogP contribution in [0.2, 0.25) is 0 Å². The van der Waals surface area contributed by atoms with Crippen LogP contribution in [0.1, 0.15) is 20.8 Å². The van der Waals surface area contributed by atoms with E-state index in [1.807, 2.05) is 11.8 Å². The van der Waals surface area contributed by atoms with Crippen LogP contribution in [0, 0.1) is 5.92 Å². The van der Waals surface area contributed by atoms with Gasteiger partial charge in [-0.25, -0.2) is 0 Å². The van der Waals surface area contributed by atoms with Crippen molar-refractivity contribution in [3.8, 4) is 0 Å². The molecule has 0 radical (unpaired) electrons. The van der Waals surface area contributed by atoms with Crippen molar-refractivity contribution < 1.29 is 0 Å². The molecule has 1 aliphatic heterocycles. The molecular formula is C8H16N2S. The molecule has 0 aromatic rings. The summed E-state index contributed by atoms with van der Waals surface area (Å²) in [6.45, 7) is 8.63. The molecule has 2 nitrogen and oxygen atoms in total. The van der Waals surface area contributed by atoms with E-state index in [0.717, 1.165) is 18.3 Å². The van der Waals surface area contributed by atoms with Gasteiger partial charge in [-0.1, -0.05) is 32.5 Å². The number of nitrogens with one attached hydrogen (secondary N) is 1. The van der Waals surface area contributed by atoms with Crippen LogP contribution >= 0.6 is 11.8 Å². The van der Waals surface area contributed by atoms with Gasteiger partial charge in [0.25, 0.3) is 0 Å². The van der Waals surface area contributed by atoms with E-state index in [2.05, 4.69) is 31.1 Å². The SMILES string of the molecule is CC(C)CNC1=NC[C@@H](C)S1. The van der Waals surface area contributed by atoms with E-state index in [9.17, 15) is 0 Å². The third-order valence-corrected chi connectivity index (χ3v) is 2.51. The number of aliphatic imine (C=N–C) groups is 1. The number of thioether (sulfide) groups is 1. The molecule has 1 atom stereocenters. The third-order valence-electron chi connectivity index (χ3n) is 1.47. The molecule has 1 aliphatic rings. The fourth-order valence-electron chi connectivity index (χ4n) is 0.866. The summed E-state index contributed by atoms with van der Waals surface area (Å²) in [5.74, 6) is 0.703. The van der Waals surface area contributed by atoms with Crippen LogP contribution in [-0.4, -0.2) is 23.5 Å². The fourth-order valence-corrected chi connectivity index (χ4v) is 1.71. The standard InChI is InChI=1S/C8H16N2S/c1-6(2)4-9-8-10-5-7(3)11-8/h6-7H,4-5H2,1-3H3,(H,9,10)/t7-/m1/s1. The van der Waals surface area contributed by atoms with Crippen LogP contribution < -0.4 is 5.32 Å². The lowest BCUT2D eigenvalue weighted by atomic mass is 10.2. The summed E-state index contributed by atoms with van der Waals surface area (Å²) in [5.41, 5.74) is 0. The van der Waals surface area contributed by atoms with E-state index < -0.39 is 0 Å². The minimum absolute atomic E-state index is 0.671. The molecule has 0 saturated carbocycles. The Balaban J connectivity index is 2.18. The number of amidine groups is 1. The quantitative estimate of drug-likeness (QED) is 0.686. The third kappa shape index (κ3) is 3.14. The molecule has 0 bridgehead atoms. The largest absolute Gasteiger partial charge is 0.365 e. The number of hydrogen-bond acceptors (Lipinski definition) is 3. The molecule has 0 saturated heterocycles. The van der Waals surface area contributed by atoms with Crippen molar-refractivity contribution in [1.29, 1.82) is 0 Å². The normalized spacial score (nSPS) is 24.0. The average molecular weight is 172 g/mol. The highest BCUT2D eigenvalue weighted by Crippen LogP contribution is 2.18. The molecule has 0 aliphatic carbocycles. The Kier molecular flexibility index (Phi) is 3.24. The molecule has 1 N–H and O–H groups in total. The maximum atomic E-state index is 4.36. The highest BCUT2D eigenvalue weighted by Gasteiger charge is 2.13. The molecule has 0 unspecified atom stereocenters. The van der Waals surface area contributed by atoms with E-state index in [1.54, 1.807) is 0 Å². The zero-order valence-corrected chi connectivity index (χ0v) is 8.24. The highest BCUT2D eigenvalue weighted by molar-refractivity contribution is 8.14. The second kappa shape index (κ2) is 4.00. The first-order chi connectivity index (χ1) is 5.18. The van der Waals surface area contributed by atoms with Crippen molar-refractivity contribution in [3.05, 3.63) is 0 Å². The van der Waals surface area contributed by atoms with Gasteiger partial charge in [0.1, 0.15) is 0 Å². The molecule has 3 heteroatoms. The van der Waals surface area contributed by atoms with Crippen molar-refractivity contribution in [2.75, 3.05) is 13.1 Å². The number of hydrogen-bond donors (Lipinski definition) is 1. The van der Waals surface area contributed by atoms with Gasteiger partial charge in [0.05, 0.1) is 6.54 Å². The first-order valence-corrected chi connectivity index (χ1v) is 5.01. The minimum atomic E-state index is 0.671. The van der Waals surface area contributed by atoms with Crippen LogP contribution in [0.3, 0.4) is 0 Å². The number of nitrogens with zero attached hydrogens (tertiary/aromatic N) is 1. The highest BCUT2D eigenvalue weighted by atomic mass is 32.2. The molecule has 0 spiro atoms. The first kappa shape index (κ1) is 8.91. The van der Waals surface area contributed by atoms with E-state index in [1.165, 1.54) is 0 Å². The summed E-state index contributed by atoms with van der Waals surface area (Å²) in [4.78, 5) is 4.36. The molecule has 64 valence electrons. The zero-order chi connectivity index (χ0) is 8.27. The number of rotatable bonds is 2. The van der Waals surface area contributed by atoms with Gasteiger partial charge in [-0.05, 0) is 5.92 Å². The Morgan fingerprint density at radius 1 is 1.73 bits per heavy atom. The summed E-state index contributed by atoms with van der Waals surface area (Å²) < 4.78 is 0. The summed E-state index contributed by atoms with van der Waals surface area (Å²) in [6.07, 6.45) is 0. The van der Waals surface area contributed by atoms with Gasteiger partial charge in [-0.2, -0.15) is 0 Å². The van der Waals surface area contributed by atoms with Gasteiger partial charge in [-0.3, -0.25) is 4.99 Å². The van der Waals surface area contributed by atoms with Gasteiger partial charge in [0, 0.05) is 11.8 Å². The predicted molar refractivity (Wildman–Crippen MR) is 52.2 cm³/mol. The van der Waals surface area contributed by atoms with Gasteiger partial charge < -0.3 is 5.32 Å². The van der Waals surface area contributed by atoms with Crippen molar-refractivity contribution in [2.45, 2.75) is 26.0 Å². The summed E-state index contributed by atoms with van der Waals surface area (Å²) in [6, 6.07) is 0. The molecule has 11 heavy (non-hydrogen) atoms. The zero-order valence-electron chi connectivity index (χ0n) is 7.42. The average Bonchev–Trinajstić information content (AvgIpc) is 2.31.